The Morgan fingerprint density at radius 1 is 1.17 bits per heavy atom. The molecule has 10 nitrogen and oxygen atoms in total. The maximum atomic E-state index is 11.8. The number of β-amino-alcohol motifs (C(OH)–C–C–N with tert-alkyl or cyclic N) is 1. The second-order valence-corrected chi connectivity index (χ2v) is 11.5. The summed E-state index contributed by atoms with van der Waals surface area (Å²) >= 11 is -2.06. The first kappa shape index (κ1) is 29.2. The lowest BCUT2D eigenvalue weighted by molar-refractivity contribution is 0.109. The molecule has 1 aliphatic rings. The monoisotopic (exact) mass is 578 g/mol. The van der Waals surface area contributed by atoms with Crippen molar-refractivity contribution >= 4 is 28.4 Å². The van der Waals surface area contributed by atoms with Crippen molar-refractivity contribution in [2.24, 2.45) is 0 Å². The van der Waals surface area contributed by atoms with Gasteiger partial charge in [0.2, 0.25) is 17.2 Å². The van der Waals surface area contributed by atoms with Gasteiger partial charge in [0.25, 0.3) is 0 Å². The summed E-state index contributed by atoms with van der Waals surface area (Å²) in [7, 11) is 1.67. The molecule has 41 heavy (non-hydrogen) atoms. The van der Waals surface area contributed by atoms with Crippen LogP contribution in [0.5, 0.6) is 5.75 Å². The van der Waals surface area contributed by atoms with Gasteiger partial charge in [0, 0.05) is 25.2 Å². The van der Waals surface area contributed by atoms with Crippen LogP contribution in [0, 0.1) is 0 Å². The number of ether oxygens (including phenoxy) is 1. The van der Waals surface area contributed by atoms with Crippen LogP contribution in [-0.4, -0.2) is 77.1 Å². The minimum atomic E-state index is -2.06. The maximum absolute atomic E-state index is 11.8. The van der Waals surface area contributed by atoms with Crippen molar-refractivity contribution in [1.82, 2.24) is 23.8 Å². The van der Waals surface area contributed by atoms with Crippen LogP contribution in [0.1, 0.15) is 43.7 Å². The molecule has 4 aromatic rings. The van der Waals surface area contributed by atoms with Gasteiger partial charge in [-0.25, -0.2) is 13.7 Å². The molecule has 1 unspecified atom stereocenters. The average molecular weight is 579 g/mol. The van der Waals surface area contributed by atoms with Crippen LogP contribution >= 0.6 is 0 Å². The Kier molecular flexibility index (Phi) is 9.31. The van der Waals surface area contributed by atoms with E-state index in [1.165, 1.54) is 9.87 Å². The van der Waals surface area contributed by atoms with E-state index in [2.05, 4.69) is 27.3 Å². The number of likely N-dealkylation sites (tertiary alicyclic amines) is 1. The zero-order valence-corrected chi connectivity index (χ0v) is 24.5. The molecule has 2 atom stereocenters. The van der Waals surface area contributed by atoms with Crippen LogP contribution in [0.3, 0.4) is 0 Å². The van der Waals surface area contributed by atoms with E-state index < -0.39 is 11.3 Å². The quantitative estimate of drug-likeness (QED) is 0.220. The molecule has 3 N–H and O–H groups in total. The molecule has 0 bridgehead atoms. The van der Waals surface area contributed by atoms with Gasteiger partial charge in [-0.05, 0) is 74.2 Å². The minimum Gasteiger partial charge on any atom is -0.495 e. The fourth-order valence-corrected chi connectivity index (χ4v) is 6.02. The van der Waals surface area contributed by atoms with Crippen LogP contribution < -0.4 is 10.1 Å². The fraction of sp³-hybridized carbons (Fsp3) is 0.400. The van der Waals surface area contributed by atoms with Gasteiger partial charge in [-0.1, -0.05) is 37.3 Å². The van der Waals surface area contributed by atoms with Crippen molar-refractivity contribution in [3.8, 4) is 17.0 Å². The average Bonchev–Trinajstić information content (AvgIpc) is 3.39. The lowest BCUT2D eigenvalue weighted by Crippen LogP contribution is -2.37. The zero-order valence-electron chi connectivity index (χ0n) is 23.7. The third-order valence-corrected chi connectivity index (χ3v) is 8.49. The lowest BCUT2D eigenvalue weighted by Gasteiger charge is -2.33. The first-order valence-electron chi connectivity index (χ1n) is 14.0. The van der Waals surface area contributed by atoms with Gasteiger partial charge in [0.15, 0.2) is 0 Å². The van der Waals surface area contributed by atoms with Gasteiger partial charge in [0.1, 0.15) is 5.75 Å². The molecule has 5 rings (SSSR count). The molecule has 0 amide bonds. The van der Waals surface area contributed by atoms with Crippen molar-refractivity contribution < 1.29 is 18.6 Å². The number of aliphatic hydroxyl groups excluding tert-OH is 1. The third-order valence-electron chi connectivity index (χ3n) is 7.67. The molecule has 218 valence electrons. The summed E-state index contributed by atoms with van der Waals surface area (Å²) in [4.78, 5) is 6.85. The summed E-state index contributed by atoms with van der Waals surface area (Å²) in [5.74, 6) is 1.61. The van der Waals surface area contributed by atoms with E-state index in [1.807, 2.05) is 60.8 Å². The molecular weight excluding hydrogens is 540 g/mol. The summed E-state index contributed by atoms with van der Waals surface area (Å²) < 4.78 is 30.5. The molecule has 3 heterocycles. The first-order chi connectivity index (χ1) is 19.9. The second kappa shape index (κ2) is 13.1. The van der Waals surface area contributed by atoms with Crippen molar-refractivity contribution in [3.63, 3.8) is 0 Å². The lowest BCUT2D eigenvalue weighted by atomic mass is 9.89. The number of hydrogen-bond acceptors (Lipinski definition) is 7. The van der Waals surface area contributed by atoms with Crippen molar-refractivity contribution in [3.05, 3.63) is 71.9 Å². The standard InChI is InChI=1S/C30H38N6O4S/c1-4-35(41(38)39)20-24-7-5-6-8-26(24)28-12-10-25-18-31-30(33-36(25)28)32-27-11-9-23(17-29(27)40-3)22-13-15-34(16-14-22)19-21(2)37/h5-12,17-18,21-22,37H,4,13-16,19-20H2,1-3H3,(H,32,33)(H,38,39)/t21-/m1/s1. The van der Waals surface area contributed by atoms with Gasteiger partial charge in [0.05, 0.1) is 36.3 Å². The number of hydrogen-bond donors (Lipinski definition) is 3. The molecule has 2 aromatic heterocycles. The molecular formula is C30H38N6O4S. The van der Waals surface area contributed by atoms with E-state index in [9.17, 15) is 13.9 Å². The van der Waals surface area contributed by atoms with Gasteiger partial charge >= 0.3 is 0 Å². The van der Waals surface area contributed by atoms with Gasteiger partial charge < -0.3 is 20.1 Å². The number of nitrogens with one attached hydrogen (secondary N) is 1. The van der Waals surface area contributed by atoms with E-state index in [4.69, 9.17) is 9.84 Å². The highest BCUT2D eigenvalue weighted by Crippen LogP contribution is 2.35. The highest BCUT2D eigenvalue weighted by atomic mass is 32.2. The maximum Gasteiger partial charge on any atom is 0.245 e. The van der Waals surface area contributed by atoms with E-state index in [1.54, 1.807) is 13.3 Å². The number of piperidine rings is 1. The first-order valence-corrected chi connectivity index (χ1v) is 15.1. The highest BCUT2D eigenvalue weighted by Gasteiger charge is 2.22. The Morgan fingerprint density at radius 2 is 1.95 bits per heavy atom. The molecule has 0 spiro atoms. The number of anilines is 2. The van der Waals surface area contributed by atoms with Crippen LogP contribution in [0.2, 0.25) is 0 Å². The summed E-state index contributed by atoms with van der Waals surface area (Å²) in [6.07, 6.45) is 3.56. The Hall–Kier alpha value is -3.35. The Balaban J connectivity index is 1.37. The molecule has 2 aromatic carbocycles. The summed E-state index contributed by atoms with van der Waals surface area (Å²) in [5.41, 5.74) is 5.59. The number of benzene rings is 2. The molecule has 1 fully saturated rings. The summed E-state index contributed by atoms with van der Waals surface area (Å²) in [6, 6.07) is 18.0. The van der Waals surface area contributed by atoms with Gasteiger partial charge in [-0.2, -0.15) is 4.31 Å². The van der Waals surface area contributed by atoms with E-state index in [0.717, 1.165) is 66.3 Å². The normalized spacial score (nSPS) is 16.2. The number of fused-ring (bicyclic) bond motifs is 1. The van der Waals surface area contributed by atoms with Crippen LogP contribution in [0.15, 0.2) is 60.8 Å². The Morgan fingerprint density at radius 3 is 2.66 bits per heavy atom. The van der Waals surface area contributed by atoms with Crippen LogP contribution in [0.4, 0.5) is 11.6 Å². The number of nitrogens with zero attached hydrogens (tertiary/aromatic N) is 5. The number of aromatic nitrogens is 3. The fourth-order valence-electron chi connectivity index (χ4n) is 5.55. The van der Waals surface area contributed by atoms with Gasteiger partial charge in [-0.15, -0.1) is 5.10 Å². The number of rotatable bonds is 11. The Labute approximate surface area is 243 Å². The predicted molar refractivity (Wildman–Crippen MR) is 162 cm³/mol. The predicted octanol–water partition coefficient (Wildman–Crippen LogP) is 4.67. The van der Waals surface area contributed by atoms with Crippen LogP contribution in [-0.2, 0) is 17.8 Å². The highest BCUT2D eigenvalue weighted by molar-refractivity contribution is 7.76. The topological polar surface area (TPSA) is 115 Å². The van der Waals surface area contributed by atoms with Crippen molar-refractivity contribution in [1.29, 1.82) is 0 Å². The summed E-state index contributed by atoms with van der Waals surface area (Å²) in [5, 5.41) is 17.8. The number of methoxy groups -OCH3 is 1. The molecule has 0 saturated carbocycles. The van der Waals surface area contributed by atoms with Crippen molar-refractivity contribution in [2.75, 3.05) is 38.6 Å². The summed E-state index contributed by atoms with van der Waals surface area (Å²) in [6.45, 7) is 7.15. The molecule has 1 aliphatic heterocycles. The number of aliphatic hydroxyl groups is 1. The third kappa shape index (κ3) is 6.77. The molecule has 11 heteroatoms. The van der Waals surface area contributed by atoms with E-state index in [0.29, 0.717) is 25.0 Å². The van der Waals surface area contributed by atoms with E-state index >= 15 is 0 Å². The zero-order chi connectivity index (χ0) is 28.9. The second-order valence-electron chi connectivity index (χ2n) is 10.5. The van der Waals surface area contributed by atoms with Gasteiger partial charge in [-0.3, -0.25) is 4.55 Å². The largest absolute Gasteiger partial charge is 0.495 e. The Bertz CT molecular complexity index is 1500. The minimum absolute atomic E-state index is 0.305. The molecule has 0 radical (unpaired) electrons. The molecule has 0 aliphatic carbocycles. The van der Waals surface area contributed by atoms with Crippen LogP contribution in [0.25, 0.3) is 16.8 Å². The molecule has 1 saturated heterocycles. The SMILES string of the molecule is CCN(Cc1ccccc1-c1ccc2cnc(Nc3ccc(C4CCN(C[C@@H](C)O)CC4)cc3OC)nn12)S(=O)O. The van der Waals surface area contributed by atoms with E-state index in [-0.39, 0.29) is 6.10 Å². The smallest absolute Gasteiger partial charge is 0.245 e. The van der Waals surface area contributed by atoms with Crippen molar-refractivity contribution in [2.45, 2.75) is 45.3 Å².